The quantitative estimate of drug-likeness (QED) is 0.832. The van der Waals surface area contributed by atoms with Gasteiger partial charge in [0, 0.05) is 12.6 Å². The zero-order chi connectivity index (χ0) is 15.2. The molecule has 1 amide bonds. The van der Waals surface area contributed by atoms with Gasteiger partial charge in [0.05, 0.1) is 4.88 Å². The van der Waals surface area contributed by atoms with Gasteiger partial charge in [0.2, 0.25) is 0 Å². The van der Waals surface area contributed by atoms with E-state index < -0.39 is 0 Å². The summed E-state index contributed by atoms with van der Waals surface area (Å²) in [4.78, 5) is 15.5. The highest BCUT2D eigenvalue weighted by atomic mass is 32.1. The summed E-state index contributed by atoms with van der Waals surface area (Å²) in [5, 5.41) is 8.73. The second kappa shape index (κ2) is 7.56. The number of piperidine rings is 1. The zero-order valence-electron chi connectivity index (χ0n) is 12.6. The molecule has 0 aliphatic carbocycles. The minimum Gasteiger partial charge on any atom is -0.355 e. The topological polar surface area (TPSA) is 58.4 Å². The Kier molecular flexibility index (Phi) is 5.24. The Bertz CT molecular complexity index is 588. The molecule has 1 aliphatic rings. The van der Waals surface area contributed by atoms with E-state index in [0.717, 1.165) is 17.8 Å². The number of hydrogen-bond acceptors (Lipinski definition) is 5. The van der Waals surface area contributed by atoms with Crippen molar-refractivity contribution in [1.29, 1.82) is 0 Å². The molecule has 1 N–H and O–H groups in total. The first-order valence-electron chi connectivity index (χ1n) is 7.84. The van der Waals surface area contributed by atoms with Crippen molar-refractivity contribution in [3.63, 3.8) is 0 Å². The van der Waals surface area contributed by atoms with E-state index in [-0.39, 0.29) is 5.91 Å². The third-order valence-corrected chi connectivity index (χ3v) is 4.78. The minimum atomic E-state index is -0.162. The third kappa shape index (κ3) is 3.96. The number of aromatic nitrogens is 1. The van der Waals surface area contributed by atoms with Crippen molar-refractivity contribution < 1.29 is 9.32 Å². The highest BCUT2D eigenvalue weighted by Crippen LogP contribution is 2.24. The van der Waals surface area contributed by atoms with Gasteiger partial charge in [-0.1, -0.05) is 17.6 Å². The average molecular weight is 319 g/mol. The molecule has 0 spiro atoms. The molecule has 0 aromatic carbocycles. The molecule has 1 fully saturated rings. The van der Waals surface area contributed by atoms with Crippen molar-refractivity contribution in [3.05, 3.63) is 29.3 Å². The molecule has 0 radical (unpaired) electrons. The number of thiophene rings is 1. The molecular formula is C16H21N3O2S. The zero-order valence-corrected chi connectivity index (χ0v) is 13.4. The molecular weight excluding hydrogens is 298 g/mol. The Morgan fingerprint density at radius 3 is 3.00 bits per heavy atom. The van der Waals surface area contributed by atoms with Gasteiger partial charge >= 0.3 is 0 Å². The second-order valence-electron chi connectivity index (χ2n) is 5.57. The molecule has 6 heteroatoms. The summed E-state index contributed by atoms with van der Waals surface area (Å²) in [6.07, 6.45) is 4.93. The standard InChI is InChI=1S/C16H21N3O2S/c20-16(17-7-5-10-19-8-2-1-3-9-19)13-12-14(21-18-13)15-6-4-11-22-15/h4,6,11-12H,1-3,5,7-10H2,(H,17,20). The van der Waals surface area contributed by atoms with Gasteiger partial charge in [-0.15, -0.1) is 11.3 Å². The lowest BCUT2D eigenvalue weighted by Crippen LogP contribution is -2.33. The normalized spacial score (nSPS) is 15.8. The molecule has 1 saturated heterocycles. The Morgan fingerprint density at radius 2 is 2.23 bits per heavy atom. The lowest BCUT2D eigenvalue weighted by atomic mass is 10.1. The molecule has 0 saturated carbocycles. The number of rotatable bonds is 6. The fourth-order valence-electron chi connectivity index (χ4n) is 2.70. The summed E-state index contributed by atoms with van der Waals surface area (Å²) < 4.78 is 5.22. The number of nitrogens with one attached hydrogen (secondary N) is 1. The van der Waals surface area contributed by atoms with Crippen LogP contribution in [-0.4, -0.2) is 42.1 Å². The number of carbonyl (C=O) groups excluding carboxylic acids is 1. The van der Waals surface area contributed by atoms with E-state index in [9.17, 15) is 4.79 Å². The molecule has 2 aromatic heterocycles. The predicted molar refractivity (Wildman–Crippen MR) is 87.1 cm³/mol. The molecule has 118 valence electrons. The smallest absolute Gasteiger partial charge is 0.273 e. The van der Waals surface area contributed by atoms with Crippen LogP contribution >= 0.6 is 11.3 Å². The van der Waals surface area contributed by atoms with Gasteiger partial charge in [0.15, 0.2) is 11.5 Å². The maximum Gasteiger partial charge on any atom is 0.273 e. The molecule has 3 heterocycles. The van der Waals surface area contributed by atoms with Crippen molar-refractivity contribution in [1.82, 2.24) is 15.4 Å². The minimum absolute atomic E-state index is 0.162. The summed E-state index contributed by atoms with van der Waals surface area (Å²) >= 11 is 1.57. The number of likely N-dealkylation sites (tertiary alicyclic amines) is 1. The van der Waals surface area contributed by atoms with Gasteiger partial charge in [-0.25, -0.2) is 0 Å². The third-order valence-electron chi connectivity index (χ3n) is 3.89. The first-order valence-corrected chi connectivity index (χ1v) is 8.72. The Morgan fingerprint density at radius 1 is 1.36 bits per heavy atom. The summed E-state index contributed by atoms with van der Waals surface area (Å²) in [5.41, 5.74) is 0.348. The lowest BCUT2D eigenvalue weighted by molar-refractivity contribution is 0.0942. The van der Waals surface area contributed by atoms with E-state index in [2.05, 4.69) is 15.4 Å². The van der Waals surface area contributed by atoms with Crippen LogP contribution in [0.3, 0.4) is 0 Å². The Labute approximate surface area is 134 Å². The van der Waals surface area contributed by atoms with Crippen molar-refractivity contribution >= 4 is 17.2 Å². The Balaban J connectivity index is 1.42. The van der Waals surface area contributed by atoms with Crippen LogP contribution in [0.1, 0.15) is 36.2 Å². The number of hydrogen-bond donors (Lipinski definition) is 1. The van der Waals surface area contributed by atoms with Crippen LogP contribution in [0.5, 0.6) is 0 Å². The van der Waals surface area contributed by atoms with Crippen molar-refractivity contribution in [2.45, 2.75) is 25.7 Å². The van der Waals surface area contributed by atoms with E-state index in [0.29, 0.717) is 18.0 Å². The van der Waals surface area contributed by atoms with Crippen LogP contribution in [-0.2, 0) is 0 Å². The van der Waals surface area contributed by atoms with Crippen LogP contribution < -0.4 is 5.32 Å². The highest BCUT2D eigenvalue weighted by Gasteiger charge is 2.14. The molecule has 0 atom stereocenters. The molecule has 2 aromatic rings. The SMILES string of the molecule is O=C(NCCCN1CCCCC1)c1cc(-c2cccs2)on1. The van der Waals surface area contributed by atoms with Gasteiger partial charge in [0.25, 0.3) is 5.91 Å². The molecule has 22 heavy (non-hydrogen) atoms. The molecule has 0 bridgehead atoms. The van der Waals surface area contributed by atoms with Gasteiger partial charge in [-0.2, -0.15) is 0 Å². The lowest BCUT2D eigenvalue weighted by Gasteiger charge is -2.26. The maximum absolute atomic E-state index is 12.0. The fraction of sp³-hybridized carbons (Fsp3) is 0.500. The van der Waals surface area contributed by atoms with Gasteiger partial charge in [-0.05, 0) is 50.3 Å². The van der Waals surface area contributed by atoms with Crippen LogP contribution in [0.25, 0.3) is 10.6 Å². The van der Waals surface area contributed by atoms with E-state index in [1.807, 2.05) is 17.5 Å². The summed E-state index contributed by atoms with van der Waals surface area (Å²) in [6.45, 7) is 4.12. The van der Waals surface area contributed by atoms with Gasteiger partial charge in [0.1, 0.15) is 0 Å². The monoisotopic (exact) mass is 319 g/mol. The summed E-state index contributed by atoms with van der Waals surface area (Å²) in [6, 6.07) is 5.60. The van der Waals surface area contributed by atoms with E-state index in [1.54, 1.807) is 17.4 Å². The predicted octanol–water partition coefficient (Wildman–Crippen LogP) is 3.01. The fourth-order valence-corrected chi connectivity index (χ4v) is 3.37. The number of nitrogens with zero attached hydrogens (tertiary/aromatic N) is 2. The molecule has 3 rings (SSSR count). The molecule has 0 unspecified atom stereocenters. The number of amides is 1. The molecule has 1 aliphatic heterocycles. The van der Waals surface area contributed by atoms with E-state index >= 15 is 0 Å². The summed E-state index contributed by atoms with van der Waals surface area (Å²) in [5.74, 6) is 0.485. The van der Waals surface area contributed by atoms with Crippen molar-refractivity contribution in [3.8, 4) is 10.6 Å². The van der Waals surface area contributed by atoms with Crippen molar-refractivity contribution in [2.24, 2.45) is 0 Å². The first kappa shape index (κ1) is 15.2. The molecule has 5 nitrogen and oxygen atoms in total. The van der Waals surface area contributed by atoms with Gasteiger partial charge in [-0.3, -0.25) is 4.79 Å². The first-order chi connectivity index (χ1) is 10.8. The average Bonchev–Trinajstić information content (AvgIpc) is 3.22. The van der Waals surface area contributed by atoms with Gasteiger partial charge < -0.3 is 14.7 Å². The summed E-state index contributed by atoms with van der Waals surface area (Å²) in [7, 11) is 0. The highest BCUT2D eigenvalue weighted by molar-refractivity contribution is 7.13. The largest absolute Gasteiger partial charge is 0.355 e. The van der Waals surface area contributed by atoms with Crippen molar-refractivity contribution in [2.75, 3.05) is 26.2 Å². The van der Waals surface area contributed by atoms with Crippen LogP contribution in [0, 0.1) is 0 Å². The van der Waals surface area contributed by atoms with Crippen LogP contribution in [0.4, 0.5) is 0 Å². The van der Waals surface area contributed by atoms with E-state index in [1.165, 1.54) is 32.4 Å². The maximum atomic E-state index is 12.0. The Hall–Kier alpha value is -1.66. The number of carbonyl (C=O) groups is 1. The van der Waals surface area contributed by atoms with Crippen LogP contribution in [0.15, 0.2) is 28.1 Å². The second-order valence-corrected chi connectivity index (χ2v) is 6.51. The van der Waals surface area contributed by atoms with E-state index in [4.69, 9.17) is 4.52 Å². The van der Waals surface area contributed by atoms with Crippen LogP contribution in [0.2, 0.25) is 0 Å².